The first-order valence-electron chi connectivity index (χ1n) is 3.86. The summed E-state index contributed by atoms with van der Waals surface area (Å²) in [5, 5.41) is -0.300. The van der Waals surface area contributed by atoms with Gasteiger partial charge in [-0.25, -0.2) is 0 Å². The van der Waals surface area contributed by atoms with Crippen LogP contribution in [0, 0.1) is 5.41 Å². The number of allylic oxidation sites excluding steroid dienone is 3. The summed E-state index contributed by atoms with van der Waals surface area (Å²) in [6.45, 7) is 9.57. The number of rotatable bonds is 4. The van der Waals surface area contributed by atoms with E-state index in [1.54, 1.807) is 0 Å². The van der Waals surface area contributed by atoms with Crippen molar-refractivity contribution >= 4 is 16.8 Å². The molecule has 0 saturated heterocycles. The van der Waals surface area contributed by atoms with Gasteiger partial charge in [-0.15, -0.1) is 0 Å². The zero-order valence-corrected chi connectivity index (χ0v) is 8.61. The standard InChI is InChI=1S/C10H15ClO/c1-8(2)5-6-10(3,4)7-9(11)12/h5-6H,1,7H2,2-4H3. The van der Waals surface area contributed by atoms with Gasteiger partial charge in [-0.05, 0) is 23.9 Å². The fourth-order valence-electron chi connectivity index (χ4n) is 0.785. The van der Waals surface area contributed by atoms with Gasteiger partial charge < -0.3 is 0 Å². The first-order chi connectivity index (χ1) is 5.33. The lowest BCUT2D eigenvalue weighted by Gasteiger charge is -2.16. The van der Waals surface area contributed by atoms with Crippen molar-refractivity contribution in [3.63, 3.8) is 0 Å². The number of carbonyl (C=O) groups is 1. The van der Waals surface area contributed by atoms with Gasteiger partial charge in [0.15, 0.2) is 0 Å². The highest BCUT2D eigenvalue weighted by molar-refractivity contribution is 6.63. The summed E-state index contributed by atoms with van der Waals surface area (Å²) in [6, 6.07) is 0. The Morgan fingerprint density at radius 2 is 2.08 bits per heavy atom. The molecule has 0 amide bonds. The van der Waals surface area contributed by atoms with Gasteiger partial charge in [0.05, 0.1) is 0 Å². The van der Waals surface area contributed by atoms with Crippen molar-refractivity contribution in [2.24, 2.45) is 5.41 Å². The molecule has 0 aliphatic heterocycles. The molecule has 0 aromatic carbocycles. The Balaban J connectivity index is 4.21. The van der Waals surface area contributed by atoms with Crippen LogP contribution in [0.4, 0.5) is 0 Å². The van der Waals surface area contributed by atoms with Crippen LogP contribution in [0.2, 0.25) is 0 Å². The van der Waals surface area contributed by atoms with Gasteiger partial charge in [0.2, 0.25) is 5.24 Å². The van der Waals surface area contributed by atoms with Crippen LogP contribution in [0.1, 0.15) is 27.2 Å². The van der Waals surface area contributed by atoms with Crippen LogP contribution in [0.5, 0.6) is 0 Å². The average Bonchev–Trinajstić information content (AvgIpc) is 1.81. The Morgan fingerprint density at radius 3 is 2.42 bits per heavy atom. The van der Waals surface area contributed by atoms with E-state index < -0.39 is 0 Å². The fourth-order valence-corrected chi connectivity index (χ4v) is 1.13. The largest absolute Gasteiger partial charge is 0.281 e. The van der Waals surface area contributed by atoms with E-state index in [9.17, 15) is 4.79 Å². The van der Waals surface area contributed by atoms with E-state index in [0.717, 1.165) is 5.57 Å². The van der Waals surface area contributed by atoms with E-state index >= 15 is 0 Å². The molecule has 0 aliphatic carbocycles. The lowest BCUT2D eigenvalue weighted by Crippen LogP contribution is -2.10. The van der Waals surface area contributed by atoms with Crippen molar-refractivity contribution in [2.45, 2.75) is 27.2 Å². The van der Waals surface area contributed by atoms with Gasteiger partial charge in [0.25, 0.3) is 0 Å². The molecule has 1 nitrogen and oxygen atoms in total. The summed E-state index contributed by atoms with van der Waals surface area (Å²) >= 11 is 5.28. The van der Waals surface area contributed by atoms with Crippen LogP contribution < -0.4 is 0 Å². The molecule has 0 saturated carbocycles. The third kappa shape index (κ3) is 6.17. The lowest BCUT2D eigenvalue weighted by molar-refractivity contribution is -0.112. The average molecular weight is 187 g/mol. The van der Waals surface area contributed by atoms with Gasteiger partial charge in [-0.1, -0.05) is 38.2 Å². The zero-order valence-electron chi connectivity index (χ0n) is 7.86. The summed E-state index contributed by atoms with van der Waals surface area (Å²) in [7, 11) is 0. The minimum Gasteiger partial charge on any atom is -0.281 e. The van der Waals surface area contributed by atoms with Crippen molar-refractivity contribution in [3.05, 3.63) is 24.3 Å². The van der Waals surface area contributed by atoms with Gasteiger partial charge in [0.1, 0.15) is 0 Å². The summed E-state index contributed by atoms with van der Waals surface area (Å²) < 4.78 is 0. The van der Waals surface area contributed by atoms with E-state index in [1.165, 1.54) is 0 Å². The zero-order chi connectivity index (χ0) is 9.78. The van der Waals surface area contributed by atoms with Gasteiger partial charge in [-0.2, -0.15) is 0 Å². The highest BCUT2D eigenvalue weighted by atomic mass is 35.5. The Morgan fingerprint density at radius 1 is 1.58 bits per heavy atom. The second kappa shape index (κ2) is 4.46. The smallest absolute Gasteiger partial charge is 0.222 e. The van der Waals surface area contributed by atoms with Gasteiger partial charge in [0, 0.05) is 6.42 Å². The Kier molecular flexibility index (Phi) is 4.25. The van der Waals surface area contributed by atoms with E-state index in [4.69, 9.17) is 11.6 Å². The molecular formula is C10H15ClO. The molecule has 0 atom stereocenters. The molecule has 0 rings (SSSR count). The predicted molar refractivity (Wildman–Crippen MR) is 53.2 cm³/mol. The van der Waals surface area contributed by atoms with Crippen LogP contribution in [-0.2, 0) is 4.79 Å². The second-order valence-corrected chi connectivity index (χ2v) is 4.12. The predicted octanol–water partition coefficient (Wildman–Crippen LogP) is 3.30. The van der Waals surface area contributed by atoms with E-state index in [0.29, 0.717) is 6.42 Å². The highest BCUT2D eigenvalue weighted by Gasteiger charge is 2.16. The van der Waals surface area contributed by atoms with Crippen LogP contribution in [0.25, 0.3) is 0 Å². The van der Waals surface area contributed by atoms with Crippen molar-refractivity contribution in [2.75, 3.05) is 0 Å². The van der Waals surface area contributed by atoms with Crippen molar-refractivity contribution in [3.8, 4) is 0 Å². The molecule has 0 fully saturated rings. The third-order valence-corrected chi connectivity index (χ3v) is 1.55. The maximum atomic E-state index is 10.6. The Labute approximate surface area is 79.1 Å². The summed E-state index contributed by atoms with van der Waals surface area (Å²) in [4.78, 5) is 10.6. The monoisotopic (exact) mass is 186 g/mol. The molecule has 68 valence electrons. The normalized spacial score (nSPS) is 12.0. The van der Waals surface area contributed by atoms with E-state index in [1.807, 2.05) is 32.9 Å². The maximum absolute atomic E-state index is 10.6. The Hall–Kier alpha value is -0.560. The highest BCUT2D eigenvalue weighted by Crippen LogP contribution is 2.23. The van der Waals surface area contributed by atoms with Gasteiger partial charge in [-0.3, -0.25) is 4.79 Å². The number of hydrogen-bond donors (Lipinski definition) is 0. The van der Waals surface area contributed by atoms with Crippen LogP contribution in [-0.4, -0.2) is 5.24 Å². The molecule has 12 heavy (non-hydrogen) atoms. The van der Waals surface area contributed by atoms with Gasteiger partial charge >= 0.3 is 0 Å². The molecule has 0 heterocycles. The molecule has 2 heteroatoms. The number of hydrogen-bond acceptors (Lipinski definition) is 1. The van der Waals surface area contributed by atoms with Crippen LogP contribution in [0.15, 0.2) is 24.3 Å². The van der Waals surface area contributed by atoms with Crippen molar-refractivity contribution in [1.29, 1.82) is 0 Å². The maximum Gasteiger partial charge on any atom is 0.222 e. The molecule has 0 unspecified atom stereocenters. The second-order valence-electron chi connectivity index (χ2n) is 3.70. The summed E-state index contributed by atoms with van der Waals surface area (Å²) in [5.74, 6) is 0. The first kappa shape index (κ1) is 11.4. The summed E-state index contributed by atoms with van der Waals surface area (Å²) in [5.41, 5.74) is 0.808. The molecule has 0 bridgehead atoms. The molecule has 0 aromatic heterocycles. The topological polar surface area (TPSA) is 17.1 Å². The minimum atomic E-state index is -0.300. The molecular weight excluding hydrogens is 172 g/mol. The molecule has 0 N–H and O–H groups in total. The number of carbonyl (C=O) groups excluding carboxylic acids is 1. The molecule has 0 spiro atoms. The fraction of sp³-hybridized carbons (Fsp3) is 0.500. The van der Waals surface area contributed by atoms with E-state index in [-0.39, 0.29) is 10.7 Å². The molecule has 0 aromatic rings. The van der Waals surface area contributed by atoms with Crippen molar-refractivity contribution < 1.29 is 4.79 Å². The lowest BCUT2D eigenvalue weighted by atomic mass is 9.89. The van der Waals surface area contributed by atoms with E-state index in [2.05, 4.69) is 6.58 Å². The summed E-state index contributed by atoms with van der Waals surface area (Å²) in [6.07, 6.45) is 4.22. The van der Waals surface area contributed by atoms with Crippen molar-refractivity contribution in [1.82, 2.24) is 0 Å². The Bertz CT molecular complexity index is 214. The SMILES string of the molecule is C=C(C)C=CC(C)(C)CC(=O)Cl. The third-order valence-electron chi connectivity index (χ3n) is 1.41. The quantitative estimate of drug-likeness (QED) is 0.487. The molecule has 0 radical (unpaired) electrons. The first-order valence-corrected chi connectivity index (χ1v) is 4.24. The van der Waals surface area contributed by atoms with Crippen LogP contribution in [0.3, 0.4) is 0 Å². The van der Waals surface area contributed by atoms with Crippen LogP contribution >= 0.6 is 11.6 Å². The number of halogens is 1. The minimum absolute atomic E-state index is 0.169. The molecule has 0 aliphatic rings.